The maximum Gasteiger partial charge on any atom is 0.416 e. The molecule has 1 aromatic heterocycles. The standard InChI is InChI=1S/C26H31F3N4O2S/c1-15(2)19-7-13-22(14-8-19)35-17(5)23-31-32-25(33(23)16(3)4)36-18(6)24(34)30-21-11-9-20(10-12-21)26(27,28)29/h7-18H,1-6H3,(H,30,34). The predicted octanol–water partition coefficient (Wildman–Crippen LogP) is 7.26. The molecule has 2 unspecified atom stereocenters. The summed E-state index contributed by atoms with van der Waals surface area (Å²) in [6, 6.07) is 12.3. The minimum absolute atomic E-state index is 0.0111. The number of anilines is 1. The molecule has 2 atom stereocenters. The number of carbonyl (C=O) groups excluding carboxylic acids is 1. The highest BCUT2D eigenvalue weighted by molar-refractivity contribution is 8.00. The second kappa shape index (κ2) is 11.4. The number of nitrogens with zero attached hydrogens (tertiary/aromatic N) is 3. The highest BCUT2D eigenvalue weighted by Gasteiger charge is 2.30. The fourth-order valence-corrected chi connectivity index (χ4v) is 4.51. The molecule has 0 saturated carbocycles. The monoisotopic (exact) mass is 520 g/mol. The zero-order chi connectivity index (χ0) is 26.6. The fourth-order valence-electron chi connectivity index (χ4n) is 3.52. The summed E-state index contributed by atoms with van der Waals surface area (Å²) in [5, 5.41) is 11.3. The van der Waals surface area contributed by atoms with Crippen LogP contribution < -0.4 is 10.1 Å². The number of amides is 1. The molecule has 0 fully saturated rings. The van der Waals surface area contributed by atoms with Crippen molar-refractivity contribution in [3.63, 3.8) is 0 Å². The maximum absolute atomic E-state index is 12.8. The average Bonchev–Trinajstić information content (AvgIpc) is 3.23. The number of benzene rings is 2. The van der Waals surface area contributed by atoms with Crippen molar-refractivity contribution in [1.82, 2.24) is 14.8 Å². The highest BCUT2D eigenvalue weighted by atomic mass is 32.2. The lowest BCUT2D eigenvalue weighted by molar-refractivity contribution is -0.137. The Morgan fingerprint density at radius 2 is 1.56 bits per heavy atom. The van der Waals surface area contributed by atoms with Gasteiger partial charge in [0.1, 0.15) is 5.75 Å². The van der Waals surface area contributed by atoms with Crippen LogP contribution in [-0.4, -0.2) is 25.9 Å². The first-order chi connectivity index (χ1) is 16.9. The third-order valence-electron chi connectivity index (χ3n) is 5.56. The predicted molar refractivity (Wildman–Crippen MR) is 135 cm³/mol. The summed E-state index contributed by atoms with van der Waals surface area (Å²) in [4.78, 5) is 12.7. The summed E-state index contributed by atoms with van der Waals surface area (Å²) >= 11 is 1.22. The van der Waals surface area contributed by atoms with Crippen LogP contribution in [0.15, 0.2) is 53.7 Å². The molecule has 0 bridgehead atoms. The van der Waals surface area contributed by atoms with Crippen molar-refractivity contribution in [3.05, 3.63) is 65.5 Å². The molecule has 3 aromatic rings. The van der Waals surface area contributed by atoms with Gasteiger partial charge < -0.3 is 14.6 Å². The topological polar surface area (TPSA) is 69.0 Å². The van der Waals surface area contributed by atoms with Crippen LogP contribution in [0, 0.1) is 0 Å². The zero-order valence-electron chi connectivity index (χ0n) is 21.1. The van der Waals surface area contributed by atoms with Gasteiger partial charge in [-0.2, -0.15) is 13.2 Å². The molecule has 0 radical (unpaired) electrons. The minimum Gasteiger partial charge on any atom is -0.483 e. The van der Waals surface area contributed by atoms with E-state index < -0.39 is 17.0 Å². The van der Waals surface area contributed by atoms with E-state index in [0.29, 0.717) is 16.9 Å². The molecule has 10 heteroatoms. The van der Waals surface area contributed by atoms with Gasteiger partial charge in [0.05, 0.1) is 10.8 Å². The van der Waals surface area contributed by atoms with Crippen LogP contribution in [0.1, 0.15) is 76.6 Å². The number of aromatic nitrogens is 3. The van der Waals surface area contributed by atoms with E-state index in [1.54, 1.807) is 6.92 Å². The van der Waals surface area contributed by atoms with Gasteiger partial charge in [0, 0.05) is 11.7 Å². The van der Waals surface area contributed by atoms with E-state index in [9.17, 15) is 18.0 Å². The molecule has 1 amide bonds. The maximum atomic E-state index is 12.8. The molecular formula is C26H31F3N4O2S. The Morgan fingerprint density at radius 1 is 0.944 bits per heavy atom. The molecule has 1 N–H and O–H groups in total. The van der Waals surface area contributed by atoms with Gasteiger partial charge in [-0.15, -0.1) is 10.2 Å². The summed E-state index contributed by atoms with van der Waals surface area (Å²) in [5.74, 6) is 1.44. The molecule has 0 aliphatic heterocycles. The van der Waals surface area contributed by atoms with Gasteiger partial charge in [-0.1, -0.05) is 37.7 Å². The van der Waals surface area contributed by atoms with Crippen molar-refractivity contribution < 1.29 is 22.7 Å². The Balaban J connectivity index is 1.69. The Morgan fingerprint density at radius 3 is 2.08 bits per heavy atom. The summed E-state index contributed by atoms with van der Waals surface area (Å²) in [6.07, 6.45) is -4.81. The van der Waals surface area contributed by atoms with Crippen LogP contribution in [-0.2, 0) is 11.0 Å². The minimum atomic E-state index is -4.43. The van der Waals surface area contributed by atoms with E-state index in [1.165, 1.54) is 29.5 Å². The molecule has 0 aliphatic rings. The van der Waals surface area contributed by atoms with Gasteiger partial charge >= 0.3 is 6.18 Å². The van der Waals surface area contributed by atoms with Crippen molar-refractivity contribution in [3.8, 4) is 5.75 Å². The number of halogens is 3. The van der Waals surface area contributed by atoms with Crippen molar-refractivity contribution in [2.45, 2.75) is 76.2 Å². The summed E-state index contributed by atoms with van der Waals surface area (Å²) in [7, 11) is 0. The summed E-state index contributed by atoms with van der Waals surface area (Å²) < 4.78 is 46.3. The molecule has 3 rings (SSSR count). The summed E-state index contributed by atoms with van der Waals surface area (Å²) in [5.41, 5.74) is 0.743. The van der Waals surface area contributed by atoms with Crippen LogP contribution in [0.3, 0.4) is 0 Å². The van der Waals surface area contributed by atoms with Gasteiger partial charge in [0.2, 0.25) is 5.91 Å². The molecule has 6 nitrogen and oxygen atoms in total. The number of carbonyl (C=O) groups is 1. The number of hydrogen-bond acceptors (Lipinski definition) is 5. The van der Waals surface area contributed by atoms with Crippen LogP contribution >= 0.6 is 11.8 Å². The number of ether oxygens (including phenoxy) is 1. The third-order valence-corrected chi connectivity index (χ3v) is 6.62. The van der Waals surface area contributed by atoms with Crippen molar-refractivity contribution in [2.24, 2.45) is 0 Å². The van der Waals surface area contributed by atoms with E-state index in [1.807, 2.05) is 49.6 Å². The number of rotatable bonds is 9. The Labute approximate surface area is 213 Å². The zero-order valence-corrected chi connectivity index (χ0v) is 21.9. The lowest BCUT2D eigenvalue weighted by Crippen LogP contribution is -2.23. The summed E-state index contributed by atoms with van der Waals surface area (Å²) in [6.45, 7) is 11.9. The molecule has 36 heavy (non-hydrogen) atoms. The van der Waals surface area contributed by atoms with Crippen LogP contribution in [0.5, 0.6) is 5.75 Å². The molecule has 194 valence electrons. The molecular weight excluding hydrogens is 489 g/mol. The van der Waals surface area contributed by atoms with Gasteiger partial charge in [0.15, 0.2) is 17.1 Å². The normalized spacial score (nSPS) is 13.6. The largest absolute Gasteiger partial charge is 0.483 e. The van der Waals surface area contributed by atoms with E-state index >= 15 is 0 Å². The Hall–Kier alpha value is -3.01. The Bertz CT molecular complexity index is 1160. The SMILES string of the molecule is CC(Sc1nnc(C(C)Oc2ccc(C(C)C)cc2)n1C(C)C)C(=O)Nc1ccc(C(F)(F)F)cc1. The second-order valence-corrected chi connectivity index (χ2v) is 10.4. The average molecular weight is 521 g/mol. The van der Waals surface area contributed by atoms with E-state index in [4.69, 9.17) is 4.74 Å². The number of alkyl halides is 3. The molecule has 0 aliphatic carbocycles. The number of thioether (sulfide) groups is 1. The number of nitrogens with one attached hydrogen (secondary N) is 1. The lowest BCUT2D eigenvalue weighted by atomic mass is 10.0. The van der Waals surface area contributed by atoms with Crippen LogP contribution in [0.2, 0.25) is 0 Å². The second-order valence-electron chi connectivity index (χ2n) is 9.11. The van der Waals surface area contributed by atoms with E-state index in [2.05, 4.69) is 29.4 Å². The number of hydrogen-bond donors (Lipinski definition) is 1. The highest BCUT2D eigenvalue weighted by Crippen LogP contribution is 2.32. The molecule has 0 saturated heterocycles. The quantitative estimate of drug-likeness (QED) is 0.301. The first-order valence-corrected chi connectivity index (χ1v) is 12.6. The third kappa shape index (κ3) is 6.81. The van der Waals surface area contributed by atoms with E-state index in [0.717, 1.165) is 17.9 Å². The van der Waals surface area contributed by atoms with Crippen LogP contribution in [0.25, 0.3) is 0 Å². The first-order valence-electron chi connectivity index (χ1n) is 11.7. The van der Waals surface area contributed by atoms with E-state index in [-0.39, 0.29) is 23.7 Å². The lowest BCUT2D eigenvalue weighted by Gasteiger charge is -2.20. The van der Waals surface area contributed by atoms with Crippen molar-refractivity contribution in [1.29, 1.82) is 0 Å². The molecule has 2 aromatic carbocycles. The van der Waals surface area contributed by atoms with Gasteiger partial charge in [0.25, 0.3) is 0 Å². The van der Waals surface area contributed by atoms with Crippen molar-refractivity contribution >= 4 is 23.4 Å². The fraction of sp³-hybridized carbons (Fsp3) is 0.423. The van der Waals surface area contributed by atoms with Crippen molar-refractivity contribution in [2.75, 3.05) is 5.32 Å². The van der Waals surface area contributed by atoms with Crippen LogP contribution in [0.4, 0.5) is 18.9 Å². The smallest absolute Gasteiger partial charge is 0.416 e. The van der Waals surface area contributed by atoms with Gasteiger partial charge in [-0.25, -0.2) is 0 Å². The Kier molecular flexibility index (Phi) is 8.71. The van der Waals surface area contributed by atoms with Gasteiger partial charge in [-0.05, 0) is 75.6 Å². The molecule has 0 spiro atoms. The van der Waals surface area contributed by atoms with Gasteiger partial charge in [-0.3, -0.25) is 4.79 Å². The molecule has 1 heterocycles. The first kappa shape index (κ1) is 27.6.